The second-order valence-electron chi connectivity index (χ2n) is 7.82. The summed E-state index contributed by atoms with van der Waals surface area (Å²) in [6.45, 7) is 1.41. The van der Waals surface area contributed by atoms with Gasteiger partial charge in [-0.1, -0.05) is 0 Å². The normalized spacial score (nSPS) is 14.0. The van der Waals surface area contributed by atoms with E-state index in [1.165, 1.54) is 0 Å². The molecule has 1 N–H and O–H groups in total. The molecule has 9 nitrogen and oxygen atoms in total. The lowest BCUT2D eigenvalue weighted by molar-refractivity contribution is 0.0904. The van der Waals surface area contributed by atoms with E-state index in [-0.39, 0.29) is 6.04 Å². The molecular formula is C25H23N5O4. The van der Waals surface area contributed by atoms with E-state index in [1.54, 1.807) is 38.7 Å². The minimum absolute atomic E-state index is 0.247. The number of furan rings is 1. The van der Waals surface area contributed by atoms with Gasteiger partial charge in [-0.05, 0) is 37.1 Å². The van der Waals surface area contributed by atoms with Crippen LogP contribution in [0.2, 0.25) is 0 Å². The summed E-state index contributed by atoms with van der Waals surface area (Å²) in [5.74, 6) is 1.58. The van der Waals surface area contributed by atoms with Crippen LogP contribution in [0.25, 0.3) is 33.8 Å². The predicted octanol–water partition coefficient (Wildman–Crippen LogP) is 4.43. The summed E-state index contributed by atoms with van der Waals surface area (Å²) < 4.78 is 22.6. The minimum atomic E-state index is 0.247. The zero-order chi connectivity index (χ0) is 23.5. The van der Waals surface area contributed by atoms with Gasteiger partial charge in [0.05, 0.1) is 37.4 Å². The van der Waals surface area contributed by atoms with Crippen LogP contribution < -0.4 is 14.8 Å². The van der Waals surface area contributed by atoms with Gasteiger partial charge in [-0.2, -0.15) is 5.26 Å². The van der Waals surface area contributed by atoms with Gasteiger partial charge in [0, 0.05) is 31.5 Å². The van der Waals surface area contributed by atoms with Crippen LogP contribution in [-0.2, 0) is 4.74 Å². The first-order chi connectivity index (χ1) is 16.7. The summed E-state index contributed by atoms with van der Waals surface area (Å²) >= 11 is 0. The van der Waals surface area contributed by atoms with E-state index in [9.17, 15) is 5.26 Å². The van der Waals surface area contributed by atoms with E-state index >= 15 is 0 Å². The first-order valence-electron chi connectivity index (χ1n) is 10.9. The lowest BCUT2D eigenvalue weighted by atomic mass is 10.1. The molecule has 4 aromatic rings. The number of pyridine rings is 3. The van der Waals surface area contributed by atoms with Gasteiger partial charge in [-0.25, -0.2) is 15.0 Å². The lowest BCUT2D eigenvalue weighted by Crippen LogP contribution is -2.28. The molecule has 172 valence electrons. The fourth-order valence-corrected chi connectivity index (χ4v) is 4.08. The van der Waals surface area contributed by atoms with Crippen LogP contribution in [-0.4, -0.2) is 48.4 Å². The monoisotopic (exact) mass is 457 g/mol. The van der Waals surface area contributed by atoms with Gasteiger partial charge in [-0.3, -0.25) is 0 Å². The summed E-state index contributed by atoms with van der Waals surface area (Å²) in [5.41, 5.74) is 3.83. The third-order valence-corrected chi connectivity index (χ3v) is 5.79. The molecule has 5 rings (SSSR count). The smallest absolute Gasteiger partial charge is 0.166 e. The van der Waals surface area contributed by atoms with Gasteiger partial charge < -0.3 is 23.9 Å². The van der Waals surface area contributed by atoms with Crippen molar-refractivity contribution in [3.05, 3.63) is 48.4 Å². The van der Waals surface area contributed by atoms with E-state index in [0.29, 0.717) is 69.9 Å². The third kappa shape index (κ3) is 4.00. The van der Waals surface area contributed by atoms with Crippen molar-refractivity contribution in [1.29, 1.82) is 5.26 Å². The number of hydrogen-bond donors (Lipinski definition) is 1. The fraction of sp³-hybridized carbons (Fsp3) is 0.280. The average molecular weight is 457 g/mol. The first kappa shape index (κ1) is 21.7. The number of aromatic nitrogens is 3. The van der Waals surface area contributed by atoms with Gasteiger partial charge in [0.15, 0.2) is 17.0 Å². The largest absolute Gasteiger partial charge is 0.494 e. The number of nitriles is 1. The van der Waals surface area contributed by atoms with Crippen LogP contribution in [0, 0.1) is 11.3 Å². The van der Waals surface area contributed by atoms with Crippen molar-refractivity contribution in [2.24, 2.45) is 0 Å². The van der Waals surface area contributed by atoms with Crippen LogP contribution in [0.5, 0.6) is 11.5 Å². The number of methoxy groups -OCH3 is 2. The molecule has 1 aliphatic rings. The Balaban J connectivity index is 1.60. The van der Waals surface area contributed by atoms with E-state index in [1.807, 2.05) is 18.2 Å². The second-order valence-corrected chi connectivity index (χ2v) is 7.82. The number of ether oxygens (including phenoxy) is 3. The van der Waals surface area contributed by atoms with Crippen LogP contribution in [0.1, 0.15) is 18.5 Å². The molecule has 9 heteroatoms. The van der Waals surface area contributed by atoms with Gasteiger partial charge in [0.1, 0.15) is 28.8 Å². The Morgan fingerprint density at radius 2 is 1.91 bits per heavy atom. The van der Waals surface area contributed by atoms with Crippen LogP contribution in [0.3, 0.4) is 0 Å². The van der Waals surface area contributed by atoms with Crippen LogP contribution >= 0.6 is 0 Å². The Morgan fingerprint density at radius 3 is 2.68 bits per heavy atom. The lowest BCUT2D eigenvalue weighted by Gasteiger charge is -2.24. The average Bonchev–Trinajstić information content (AvgIpc) is 3.33. The Morgan fingerprint density at radius 1 is 1.09 bits per heavy atom. The predicted molar refractivity (Wildman–Crippen MR) is 126 cm³/mol. The minimum Gasteiger partial charge on any atom is -0.494 e. The van der Waals surface area contributed by atoms with E-state index < -0.39 is 0 Å². The maximum atomic E-state index is 9.80. The molecule has 0 amide bonds. The maximum Gasteiger partial charge on any atom is 0.166 e. The summed E-state index contributed by atoms with van der Waals surface area (Å²) in [4.78, 5) is 13.5. The van der Waals surface area contributed by atoms with Crippen molar-refractivity contribution < 1.29 is 18.6 Å². The molecule has 34 heavy (non-hydrogen) atoms. The molecule has 1 aliphatic heterocycles. The summed E-state index contributed by atoms with van der Waals surface area (Å²) in [5, 5.41) is 13.2. The van der Waals surface area contributed by atoms with E-state index in [0.717, 1.165) is 12.8 Å². The molecule has 1 fully saturated rings. The molecule has 0 saturated carbocycles. The third-order valence-electron chi connectivity index (χ3n) is 5.79. The molecular weight excluding hydrogens is 434 g/mol. The van der Waals surface area contributed by atoms with Gasteiger partial charge in [-0.15, -0.1) is 0 Å². The van der Waals surface area contributed by atoms with Gasteiger partial charge >= 0.3 is 0 Å². The molecule has 0 aliphatic carbocycles. The molecule has 0 radical (unpaired) electrons. The highest BCUT2D eigenvalue weighted by molar-refractivity contribution is 5.95. The number of nitrogens with zero attached hydrogens (tertiary/aromatic N) is 4. The Labute approximate surface area is 196 Å². The first-order valence-corrected chi connectivity index (χ1v) is 10.9. The van der Waals surface area contributed by atoms with Crippen LogP contribution in [0.15, 0.2) is 47.1 Å². The number of anilines is 1. The van der Waals surface area contributed by atoms with Crippen LogP contribution in [0.4, 0.5) is 5.69 Å². The fourth-order valence-electron chi connectivity index (χ4n) is 4.08. The maximum absolute atomic E-state index is 9.80. The van der Waals surface area contributed by atoms with Crippen molar-refractivity contribution >= 4 is 16.8 Å². The Bertz CT molecular complexity index is 1370. The number of rotatable bonds is 6. The zero-order valence-corrected chi connectivity index (χ0v) is 18.9. The highest BCUT2D eigenvalue weighted by Crippen LogP contribution is 2.40. The van der Waals surface area contributed by atoms with E-state index in [4.69, 9.17) is 18.6 Å². The highest BCUT2D eigenvalue weighted by Gasteiger charge is 2.22. The number of nitrogens with one attached hydrogen (secondary N) is 1. The zero-order valence-electron chi connectivity index (χ0n) is 18.9. The topological polar surface area (TPSA) is 115 Å². The molecule has 0 aromatic carbocycles. The van der Waals surface area contributed by atoms with Gasteiger partial charge in [0.2, 0.25) is 0 Å². The van der Waals surface area contributed by atoms with Crippen molar-refractivity contribution in [1.82, 2.24) is 15.0 Å². The highest BCUT2D eigenvalue weighted by atomic mass is 16.5. The Hall–Kier alpha value is -4.16. The SMILES string of the molecule is COc1cccnc1-c1cc2ncc(OC)c(-c3ccc(NC4CCOCC4)c(C#N)n3)c2o1. The van der Waals surface area contributed by atoms with E-state index in [2.05, 4.69) is 26.3 Å². The molecule has 0 atom stereocenters. The molecule has 0 spiro atoms. The van der Waals surface area contributed by atoms with Crippen molar-refractivity contribution in [2.75, 3.05) is 32.8 Å². The molecule has 0 bridgehead atoms. The number of hydrogen-bond acceptors (Lipinski definition) is 9. The molecule has 4 aromatic heterocycles. The molecule has 0 unspecified atom stereocenters. The quantitative estimate of drug-likeness (QED) is 0.449. The Kier molecular flexibility index (Phi) is 5.97. The standard InChI is InChI=1S/C25H23N5O4/c1-31-20-4-3-9-27-24(20)21-12-18-25(34-21)23(22(32-2)14-28-18)17-6-5-16(19(13-26)30-17)29-15-7-10-33-11-8-15/h3-6,9,12,14-15,29H,7-8,10-11H2,1-2H3. The number of fused-ring (bicyclic) bond motifs is 1. The van der Waals surface area contributed by atoms with Crippen molar-refractivity contribution in [2.45, 2.75) is 18.9 Å². The second kappa shape index (κ2) is 9.37. The molecule has 5 heterocycles. The van der Waals surface area contributed by atoms with Gasteiger partial charge in [0.25, 0.3) is 0 Å². The summed E-state index contributed by atoms with van der Waals surface area (Å²) in [7, 11) is 3.14. The molecule has 1 saturated heterocycles. The summed E-state index contributed by atoms with van der Waals surface area (Å²) in [6, 6.07) is 11.6. The van der Waals surface area contributed by atoms with Crippen molar-refractivity contribution in [3.63, 3.8) is 0 Å². The van der Waals surface area contributed by atoms with Crippen molar-refractivity contribution in [3.8, 4) is 40.3 Å². The summed E-state index contributed by atoms with van der Waals surface area (Å²) in [6.07, 6.45) is 5.06.